The van der Waals surface area contributed by atoms with E-state index in [1.165, 1.54) is 5.56 Å². The minimum atomic E-state index is -0.181. The molecule has 2 rings (SSSR count). The fourth-order valence-corrected chi connectivity index (χ4v) is 2.27. The second kappa shape index (κ2) is 7.19. The molecule has 2 unspecified atom stereocenters. The highest BCUT2D eigenvalue weighted by Crippen LogP contribution is 2.29. The Bertz CT molecular complexity index is 413. The molecule has 1 heterocycles. The van der Waals surface area contributed by atoms with Crippen LogP contribution in [0.5, 0.6) is 0 Å². The average molecular weight is 260 g/mol. The van der Waals surface area contributed by atoms with Crippen LogP contribution in [-0.4, -0.2) is 24.3 Å². The first kappa shape index (κ1) is 13.9. The van der Waals surface area contributed by atoms with Crippen LogP contribution in [0, 0.1) is 0 Å². The normalized spacial score (nSPS) is 21.1. The van der Waals surface area contributed by atoms with Crippen molar-refractivity contribution in [3.63, 3.8) is 0 Å². The van der Waals surface area contributed by atoms with Gasteiger partial charge in [-0.25, -0.2) is 0 Å². The third kappa shape index (κ3) is 4.60. The molecule has 0 radical (unpaired) electrons. The van der Waals surface area contributed by atoms with E-state index >= 15 is 0 Å². The number of rotatable bonds is 9. The molecule has 1 aliphatic rings. The summed E-state index contributed by atoms with van der Waals surface area (Å²) >= 11 is 0. The summed E-state index contributed by atoms with van der Waals surface area (Å²) in [6, 6.07) is 10.2. The maximum Gasteiger partial charge on any atom is 0.164 e. The molecule has 2 atom stereocenters. The molecule has 0 saturated carbocycles. The van der Waals surface area contributed by atoms with Gasteiger partial charge in [-0.05, 0) is 31.2 Å². The predicted octanol–water partition coefficient (Wildman–Crippen LogP) is 2.72. The van der Waals surface area contributed by atoms with Crippen molar-refractivity contribution in [3.05, 3.63) is 35.9 Å². The Morgan fingerprint density at radius 2 is 2.00 bits per heavy atom. The second-order valence-electron chi connectivity index (χ2n) is 5.00. The zero-order chi connectivity index (χ0) is 13.5. The third-order valence-corrected chi connectivity index (χ3v) is 3.46. The summed E-state index contributed by atoms with van der Waals surface area (Å²) in [7, 11) is 0. The van der Waals surface area contributed by atoms with Gasteiger partial charge in [-0.2, -0.15) is 0 Å². The number of epoxide rings is 1. The molecule has 19 heavy (non-hydrogen) atoms. The standard InChI is InChI=1S/C16H20O3/c17-12-6-2-5-9-14(18)16-15(19-16)11-10-13-7-3-1-4-8-13/h1,3-4,7-8,12,15-16H,2,5-6,9-11H2. The van der Waals surface area contributed by atoms with Crippen LogP contribution in [0.3, 0.4) is 0 Å². The maximum absolute atomic E-state index is 11.8. The lowest BCUT2D eigenvalue weighted by molar-refractivity contribution is -0.120. The van der Waals surface area contributed by atoms with Gasteiger partial charge in [0.25, 0.3) is 0 Å². The van der Waals surface area contributed by atoms with Gasteiger partial charge in [-0.3, -0.25) is 4.79 Å². The minimum Gasteiger partial charge on any atom is -0.361 e. The summed E-state index contributed by atoms with van der Waals surface area (Å²) in [5.41, 5.74) is 1.29. The van der Waals surface area contributed by atoms with E-state index < -0.39 is 0 Å². The van der Waals surface area contributed by atoms with Crippen LogP contribution in [0.1, 0.15) is 37.7 Å². The zero-order valence-corrected chi connectivity index (χ0v) is 11.1. The zero-order valence-electron chi connectivity index (χ0n) is 11.1. The molecule has 0 spiro atoms. The monoisotopic (exact) mass is 260 g/mol. The number of ether oxygens (including phenoxy) is 1. The van der Waals surface area contributed by atoms with Gasteiger partial charge in [0, 0.05) is 12.8 Å². The van der Waals surface area contributed by atoms with Crippen molar-refractivity contribution in [2.24, 2.45) is 0 Å². The summed E-state index contributed by atoms with van der Waals surface area (Å²) in [4.78, 5) is 21.9. The van der Waals surface area contributed by atoms with Crippen LogP contribution in [0.25, 0.3) is 0 Å². The lowest BCUT2D eigenvalue weighted by Crippen LogP contribution is -2.10. The smallest absolute Gasteiger partial charge is 0.164 e. The number of benzene rings is 1. The number of aryl methyl sites for hydroxylation is 1. The molecular weight excluding hydrogens is 240 g/mol. The van der Waals surface area contributed by atoms with Crippen LogP contribution in [-0.2, 0) is 20.7 Å². The van der Waals surface area contributed by atoms with E-state index in [4.69, 9.17) is 4.74 Å². The first-order valence-corrected chi connectivity index (χ1v) is 6.97. The van der Waals surface area contributed by atoms with E-state index in [0.29, 0.717) is 12.8 Å². The number of ketones is 1. The van der Waals surface area contributed by atoms with Crippen LogP contribution >= 0.6 is 0 Å². The predicted molar refractivity (Wildman–Crippen MR) is 73.0 cm³/mol. The molecule has 3 heteroatoms. The quantitative estimate of drug-likeness (QED) is 0.389. The first-order valence-electron chi connectivity index (χ1n) is 6.97. The van der Waals surface area contributed by atoms with Crippen molar-refractivity contribution >= 4 is 12.1 Å². The van der Waals surface area contributed by atoms with Gasteiger partial charge in [0.1, 0.15) is 12.4 Å². The molecule has 1 aromatic rings. The average Bonchev–Trinajstić information content (AvgIpc) is 3.22. The van der Waals surface area contributed by atoms with Gasteiger partial charge < -0.3 is 9.53 Å². The molecular formula is C16H20O3. The minimum absolute atomic E-state index is 0.110. The van der Waals surface area contributed by atoms with Crippen molar-refractivity contribution in [1.82, 2.24) is 0 Å². The highest BCUT2D eigenvalue weighted by molar-refractivity contribution is 5.85. The molecule has 0 bridgehead atoms. The van der Waals surface area contributed by atoms with E-state index in [1.807, 2.05) is 18.2 Å². The molecule has 1 saturated heterocycles. The summed E-state index contributed by atoms with van der Waals surface area (Å²) in [6.45, 7) is 0. The van der Waals surface area contributed by atoms with E-state index in [1.54, 1.807) is 0 Å². The molecule has 0 amide bonds. The van der Waals surface area contributed by atoms with Gasteiger partial charge >= 0.3 is 0 Å². The van der Waals surface area contributed by atoms with E-state index in [0.717, 1.165) is 32.0 Å². The fourth-order valence-electron chi connectivity index (χ4n) is 2.27. The van der Waals surface area contributed by atoms with Gasteiger partial charge in [0.2, 0.25) is 0 Å². The molecule has 3 nitrogen and oxygen atoms in total. The molecule has 1 aliphatic heterocycles. The van der Waals surface area contributed by atoms with Crippen molar-refractivity contribution in [1.29, 1.82) is 0 Å². The largest absolute Gasteiger partial charge is 0.361 e. The molecule has 102 valence electrons. The van der Waals surface area contributed by atoms with E-state index in [9.17, 15) is 9.59 Å². The molecule has 0 N–H and O–H groups in total. The summed E-state index contributed by atoms with van der Waals surface area (Å²) in [5.74, 6) is 0.198. The molecule has 1 aromatic carbocycles. The van der Waals surface area contributed by atoms with Gasteiger partial charge in [-0.15, -0.1) is 0 Å². The molecule has 1 fully saturated rings. The highest BCUT2D eigenvalue weighted by Gasteiger charge is 2.43. The van der Waals surface area contributed by atoms with Crippen LogP contribution < -0.4 is 0 Å². The van der Waals surface area contributed by atoms with Gasteiger partial charge in [0.15, 0.2) is 5.78 Å². The van der Waals surface area contributed by atoms with E-state index in [2.05, 4.69) is 12.1 Å². The number of Topliss-reactive ketones (excluding diaryl/α,β-unsaturated/α-hetero) is 1. The topological polar surface area (TPSA) is 46.7 Å². The van der Waals surface area contributed by atoms with Crippen molar-refractivity contribution in [2.75, 3.05) is 0 Å². The number of carbonyl (C=O) groups is 2. The van der Waals surface area contributed by atoms with Gasteiger partial charge in [-0.1, -0.05) is 30.3 Å². The summed E-state index contributed by atoms with van der Waals surface area (Å²) in [5, 5.41) is 0. The Morgan fingerprint density at radius 3 is 2.74 bits per heavy atom. The Hall–Kier alpha value is -1.48. The van der Waals surface area contributed by atoms with Crippen molar-refractivity contribution < 1.29 is 14.3 Å². The van der Waals surface area contributed by atoms with E-state index in [-0.39, 0.29) is 18.0 Å². The Morgan fingerprint density at radius 1 is 1.21 bits per heavy atom. The molecule has 0 aliphatic carbocycles. The fraction of sp³-hybridized carbons (Fsp3) is 0.500. The molecule has 0 aromatic heterocycles. The Balaban J connectivity index is 1.61. The number of unbranched alkanes of at least 4 members (excludes halogenated alkanes) is 2. The lowest BCUT2D eigenvalue weighted by Gasteiger charge is -1.98. The van der Waals surface area contributed by atoms with Crippen LogP contribution in [0.15, 0.2) is 30.3 Å². The van der Waals surface area contributed by atoms with Crippen LogP contribution in [0.4, 0.5) is 0 Å². The van der Waals surface area contributed by atoms with Crippen molar-refractivity contribution in [2.45, 2.75) is 50.7 Å². The number of hydrogen-bond donors (Lipinski definition) is 0. The first-order chi connectivity index (χ1) is 9.31. The van der Waals surface area contributed by atoms with Gasteiger partial charge in [0.05, 0.1) is 6.10 Å². The number of aldehydes is 1. The summed E-state index contributed by atoms with van der Waals surface area (Å²) < 4.78 is 5.44. The maximum atomic E-state index is 11.8. The van der Waals surface area contributed by atoms with Crippen molar-refractivity contribution in [3.8, 4) is 0 Å². The Labute approximate surface area is 114 Å². The SMILES string of the molecule is O=CCCCCC(=O)C1OC1CCc1ccccc1. The number of hydrogen-bond acceptors (Lipinski definition) is 3. The highest BCUT2D eigenvalue weighted by atomic mass is 16.6. The Kier molecular flexibility index (Phi) is 5.28. The number of carbonyl (C=O) groups excluding carboxylic acids is 2. The lowest BCUT2D eigenvalue weighted by atomic mass is 10.0. The summed E-state index contributed by atoms with van der Waals surface area (Å²) in [6.07, 6.45) is 5.39. The third-order valence-electron chi connectivity index (χ3n) is 3.46. The van der Waals surface area contributed by atoms with Crippen LogP contribution in [0.2, 0.25) is 0 Å². The second-order valence-corrected chi connectivity index (χ2v) is 5.00.